The number of pyridine rings is 1. The van der Waals surface area contributed by atoms with Gasteiger partial charge in [0, 0.05) is 11.2 Å². The Morgan fingerprint density at radius 3 is 2.52 bits per heavy atom. The zero-order chi connectivity index (χ0) is 15.5. The van der Waals surface area contributed by atoms with Gasteiger partial charge in [-0.05, 0) is 42.3 Å². The maximum Gasteiger partial charge on any atom is 0.255 e. The molecule has 1 aromatic carbocycles. The smallest absolute Gasteiger partial charge is 0.255 e. The minimum absolute atomic E-state index is 0.101. The number of aryl methyl sites for hydroxylation is 1. The first-order chi connectivity index (χ1) is 9.85. The molecule has 0 aliphatic heterocycles. The quantitative estimate of drug-likeness (QED) is 0.850. The van der Waals surface area contributed by atoms with Crippen LogP contribution < -0.4 is 4.72 Å². The Kier molecular flexibility index (Phi) is 4.88. The molecule has 0 atom stereocenters. The van der Waals surface area contributed by atoms with Crippen molar-refractivity contribution in [1.82, 2.24) is 4.98 Å². The number of benzene rings is 1. The van der Waals surface area contributed by atoms with E-state index in [4.69, 9.17) is 23.2 Å². The number of hydrogen-bond donors (Lipinski definition) is 1. The molecule has 110 valence electrons. The van der Waals surface area contributed by atoms with Crippen LogP contribution in [0.25, 0.3) is 6.08 Å². The molecule has 2 aromatic rings. The number of rotatable bonds is 4. The maximum atomic E-state index is 12.0. The third kappa shape index (κ3) is 4.74. The summed E-state index contributed by atoms with van der Waals surface area (Å²) in [6.07, 6.45) is 3.03. The second-order valence-corrected chi connectivity index (χ2v) is 6.71. The van der Waals surface area contributed by atoms with E-state index in [1.54, 1.807) is 43.5 Å². The van der Waals surface area contributed by atoms with Crippen LogP contribution in [0.4, 0.5) is 5.69 Å². The Hall–Kier alpha value is -1.56. The minimum atomic E-state index is -3.67. The van der Waals surface area contributed by atoms with Crippen molar-refractivity contribution >= 4 is 45.0 Å². The monoisotopic (exact) mass is 342 g/mol. The zero-order valence-electron chi connectivity index (χ0n) is 11.0. The Balaban J connectivity index is 2.18. The van der Waals surface area contributed by atoms with E-state index in [0.29, 0.717) is 5.02 Å². The fraction of sp³-hybridized carbons (Fsp3) is 0.0714. The average molecular weight is 343 g/mol. The van der Waals surface area contributed by atoms with E-state index in [9.17, 15) is 8.42 Å². The highest BCUT2D eigenvalue weighted by Gasteiger charge is 2.09. The van der Waals surface area contributed by atoms with Gasteiger partial charge in [0.25, 0.3) is 10.0 Å². The van der Waals surface area contributed by atoms with Crippen LogP contribution in [0.3, 0.4) is 0 Å². The van der Waals surface area contributed by atoms with Gasteiger partial charge in [0.1, 0.15) is 0 Å². The van der Waals surface area contributed by atoms with Crippen molar-refractivity contribution in [3.05, 3.63) is 63.2 Å². The lowest BCUT2D eigenvalue weighted by atomic mass is 10.2. The topological polar surface area (TPSA) is 59.1 Å². The molecule has 2 rings (SSSR count). The number of anilines is 1. The first kappa shape index (κ1) is 15.8. The van der Waals surface area contributed by atoms with Crippen molar-refractivity contribution in [2.45, 2.75) is 6.92 Å². The second kappa shape index (κ2) is 6.47. The van der Waals surface area contributed by atoms with Crippen molar-refractivity contribution in [2.24, 2.45) is 0 Å². The van der Waals surface area contributed by atoms with Crippen molar-refractivity contribution in [3.8, 4) is 0 Å². The van der Waals surface area contributed by atoms with Crippen molar-refractivity contribution in [2.75, 3.05) is 4.72 Å². The summed E-state index contributed by atoms with van der Waals surface area (Å²) >= 11 is 11.6. The SMILES string of the molecule is Cc1cnc(Cl)c(NS(=O)(=O)/C=C/c2ccc(Cl)cc2)c1. The van der Waals surface area contributed by atoms with Crippen LogP contribution in [0.15, 0.2) is 41.9 Å². The van der Waals surface area contributed by atoms with E-state index >= 15 is 0 Å². The van der Waals surface area contributed by atoms with Crippen molar-refractivity contribution < 1.29 is 8.42 Å². The molecule has 7 heteroatoms. The summed E-state index contributed by atoms with van der Waals surface area (Å²) in [6, 6.07) is 8.42. The number of nitrogens with zero attached hydrogens (tertiary/aromatic N) is 1. The molecule has 1 N–H and O–H groups in total. The molecule has 0 unspecified atom stereocenters. The normalized spacial score (nSPS) is 11.8. The van der Waals surface area contributed by atoms with Gasteiger partial charge in [0.2, 0.25) is 0 Å². The van der Waals surface area contributed by atoms with Crippen LogP contribution in [0, 0.1) is 6.92 Å². The fourth-order valence-corrected chi connectivity index (χ4v) is 2.75. The minimum Gasteiger partial charge on any atom is -0.277 e. The van der Waals surface area contributed by atoms with Crippen LogP contribution in [-0.4, -0.2) is 13.4 Å². The molecule has 0 saturated carbocycles. The van der Waals surface area contributed by atoms with Crippen LogP contribution in [0.2, 0.25) is 10.2 Å². The number of aromatic nitrogens is 1. The predicted octanol–water partition coefficient (Wildman–Crippen LogP) is 4.11. The van der Waals surface area contributed by atoms with E-state index in [1.165, 1.54) is 6.08 Å². The standard InChI is InChI=1S/C14H12Cl2N2O2S/c1-10-8-13(14(16)17-9-10)18-21(19,20)7-6-11-2-4-12(15)5-3-11/h2-9,18H,1H3/b7-6+. The van der Waals surface area contributed by atoms with Gasteiger partial charge in [-0.25, -0.2) is 13.4 Å². The highest BCUT2D eigenvalue weighted by Crippen LogP contribution is 2.21. The molecule has 0 aliphatic carbocycles. The number of sulfonamides is 1. The van der Waals surface area contributed by atoms with E-state index in [0.717, 1.165) is 16.5 Å². The molecular formula is C14H12Cl2N2O2S. The predicted molar refractivity (Wildman–Crippen MR) is 87.0 cm³/mol. The molecule has 0 aliphatic rings. The highest BCUT2D eigenvalue weighted by atomic mass is 35.5. The maximum absolute atomic E-state index is 12.0. The Morgan fingerprint density at radius 2 is 1.86 bits per heavy atom. The summed E-state index contributed by atoms with van der Waals surface area (Å²) in [5.41, 5.74) is 1.77. The Morgan fingerprint density at radius 1 is 1.19 bits per heavy atom. The van der Waals surface area contributed by atoms with Crippen LogP contribution >= 0.6 is 23.2 Å². The molecule has 0 radical (unpaired) electrons. The van der Waals surface area contributed by atoms with Gasteiger partial charge in [-0.1, -0.05) is 35.3 Å². The van der Waals surface area contributed by atoms with Crippen LogP contribution in [0.5, 0.6) is 0 Å². The summed E-state index contributed by atoms with van der Waals surface area (Å²) in [6.45, 7) is 1.80. The van der Waals surface area contributed by atoms with Gasteiger partial charge in [-0.3, -0.25) is 4.72 Å². The first-order valence-corrected chi connectivity index (χ1v) is 8.24. The lowest BCUT2D eigenvalue weighted by Crippen LogP contribution is -2.09. The molecule has 0 amide bonds. The van der Waals surface area contributed by atoms with Gasteiger partial charge in [0.05, 0.1) is 11.1 Å². The first-order valence-electron chi connectivity index (χ1n) is 5.94. The zero-order valence-corrected chi connectivity index (χ0v) is 13.4. The summed E-state index contributed by atoms with van der Waals surface area (Å²) in [5.74, 6) is 0. The molecule has 1 heterocycles. The summed E-state index contributed by atoms with van der Waals surface area (Å²) < 4.78 is 26.4. The third-order valence-corrected chi connectivity index (χ3v) is 4.09. The number of halogens is 2. The number of hydrogen-bond acceptors (Lipinski definition) is 3. The van der Waals surface area contributed by atoms with Gasteiger partial charge in [0.15, 0.2) is 5.15 Å². The van der Waals surface area contributed by atoms with E-state index < -0.39 is 10.0 Å². The van der Waals surface area contributed by atoms with Crippen molar-refractivity contribution in [1.29, 1.82) is 0 Å². The Labute approximate surface area is 133 Å². The largest absolute Gasteiger partial charge is 0.277 e. The molecular weight excluding hydrogens is 331 g/mol. The molecule has 4 nitrogen and oxygen atoms in total. The molecule has 0 fully saturated rings. The molecule has 0 saturated heterocycles. The van der Waals surface area contributed by atoms with Crippen LogP contribution in [0.1, 0.15) is 11.1 Å². The van der Waals surface area contributed by atoms with E-state index in [2.05, 4.69) is 9.71 Å². The Bertz CT molecular complexity index is 772. The second-order valence-electron chi connectivity index (χ2n) is 4.35. The highest BCUT2D eigenvalue weighted by molar-refractivity contribution is 7.95. The van der Waals surface area contributed by atoms with Crippen molar-refractivity contribution in [3.63, 3.8) is 0 Å². The summed E-state index contributed by atoms with van der Waals surface area (Å²) in [4.78, 5) is 3.89. The van der Waals surface area contributed by atoms with Gasteiger partial charge in [-0.15, -0.1) is 0 Å². The lowest BCUT2D eigenvalue weighted by molar-refractivity contribution is 0.609. The molecule has 0 bridgehead atoms. The van der Waals surface area contributed by atoms with E-state index in [-0.39, 0.29) is 10.8 Å². The summed E-state index contributed by atoms with van der Waals surface area (Å²) in [7, 11) is -3.67. The molecule has 21 heavy (non-hydrogen) atoms. The van der Waals surface area contributed by atoms with Gasteiger partial charge in [-0.2, -0.15) is 0 Å². The molecule has 1 aromatic heterocycles. The number of nitrogens with one attached hydrogen (secondary N) is 1. The van der Waals surface area contributed by atoms with E-state index in [1.807, 2.05) is 0 Å². The average Bonchev–Trinajstić information content (AvgIpc) is 2.42. The molecule has 0 spiro atoms. The fourth-order valence-electron chi connectivity index (χ4n) is 1.55. The van der Waals surface area contributed by atoms with Gasteiger partial charge >= 0.3 is 0 Å². The van der Waals surface area contributed by atoms with Crippen LogP contribution in [-0.2, 0) is 10.0 Å². The summed E-state index contributed by atoms with van der Waals surface area (Å²) in [5, 5.41) is 1.75. The van der Waals surface area contributed by atoms with Gasteiger partial charge < -0.3 is 0 Å². The third-order valence-electron chi connectivity index (χ3n) is 2.54. The lowest BCUT2D eigenvalue weighted by Gasteiger charge is -2.06.